The van der Waals surface area contributed by atoms with Gasteiger partial charge in [-0.05, 0) is 98.9 Å². The standard InChI is InChI=1S/C50H31NOS/c1-2-13-36-33(12-1)30-42(39-16-4-3-15-38(36)39)32-24-27-35(28-25-32)51(45-20-11-22-47-50(45)41-18-6-9-21-46(41)52-47)44-19-8-5-14-37(44)34-26-29-49-43(31-34)40-17-7-10-23-48(40)53-49/h1-31H. The third kappa shape index (κ3) is 4.78. The Morgan fingerprint density at radius 3 is 1.91 bits per heavy atom. The van der Waals surface area contributed by atoms with Crippen LogP contribution in [0, 0.1) is 0 Å². The van der Waals surface area contributed by atoms with Gasteiger partial charge in [-0.1, -0.05) is 127 Å². The minimum Gasteiger partial charge on any atom is -0.456 e. The van der Waals surface area contributed by atoms with E-state index < -0.39 is 0 Å². The summed E-state index contributed by atoms with van der Waals surface area (Å²) in [5.74, 6) is 0. The monoisotopic (exact) mass is 693 g/mol. The Balaban J connectivity index is 1.14. The van der Waals surface area contributed by atoms with Gasteiger partial charge in [0, 0.05) is 36.8 Å². The van der Waals surface area contributed by atoms with Crippen LogP contribution in [-0.2, 0) is 0 Å². The number of fused-ring (bicyclic) bond motifs is 9. The van der Waals surface area contributed by atoms with Crippen molar-refractivity contribution >= 4 is 92.1 Å². The molecule has 2 heterocycles. The zero-order valence-electron chi connectivity index (χ0n) is 28.7. The van der Waals surface area contributed by atoms with Gasteiger partial charge >= 0.3 is 0 Å². The summed E-state index contributed by atoms with van der Waals surface area (Å²) in [6, 6.07) is 68.1. The van der Waals surface area contributed by atoms with E-state index in [0.717, 1.165) is 39.0 Å². The van der Waals surface area contributed by atoms with E-state index in [-0.39, 0.29) is 0 Å². The zero-order chi connectivity index (χ0) is 34.9. The molecular weight excluding hydrogens is 663 g/mol. The van der Waals surface area contributed by atoms with Crippen LogP contribution in [0.25, 0.3) is 85.9 Å². The van der Waals surface area contributed by atoms with Crippen molar-refractivity contribution in [2.24, 2.45) is 0 Å². The quantitative estimate of drug-likeness (QED) is 0.167. The molecule has 2 nitrogen and oxygen atoms in total. The second-order valence-corrected chi connectivity index (χ2v) is 14.7. The summed E-state index contributed by atoms with van der Waals surface area (Å²) in [5.41, 5.74) is 9.78. The molecular formula is C50H31NOS. The lowest BCUT2D eigenvalue weighted by molar-refractivity contribution is 0.669. The second-order valence-electron chi connectivity index (χ2n) is 13.6. The fourth-order valence-electron chi connectivity index (χ4n) is 8.24. The summed E-state index contributed by atoms with van der Waals surface area (Å²) in [5, 5.41) is 9.85. The molecule has 53 heavy (non-hydrogen) atoms. The summed E-state index contributed by atoms with van der Waals surface area (Å²) < 4.78 is 9.05. The molecule has 0 aliphatic heterocycles. The molecule has 0 amide bonds. The van der Waals surface area contributed by atoms with Gasteiger partial charge in [0.25, 0.3) is 0 Å². The van der Waals surface area contributed by atoms with Gasteiger partial charge in [-0.25, -0.2) is 0 Å². The van der Waals surface area contributed by atoms with Crippen molar-refractivity contribution in [3.63, 3.8) is 0 Å². The molecule has 0 spiro atoms. The van der Waals surface area contributed by atoms with Crippen molar-refractivity contribution in [1.82, 2.24) is 0 Å². The van der Waals surface area contributed by atoms with Gasteiger partial charge in [-0.15, -0.1) is 11.3 Å². The maximum Gasteiger partial charge on any atom is 0.137 e. The molecule has 0 radical (unpaired) electrons. The number of furan rings is 1. The Bertz CT molecular complexity index is 3190. The first-order chi connectivity index (χ1) is 26.3. The van der Waals surface area contributed by atoms with E-state index in [1.54, 1.807) is 0 Å². The Kier molecular flexibility index (Phi) is 6.76. The molecule has 2 aromatic heterocycles. The van der Waals surface area contributed by atoms with Crippen LogP contribution >= 0.6 is 11.3 Å². The summed E-state index contributed by atoms with van der Waals surface area (Å²) in [7, 11) is 0. The Hall–Kier alpha value is -6.68. The molecule has 0 unspecified atom stereocenters. The average Bonchev–Trinajstić information content (AvgIpc) is 3.80. The molecule has 0 atom stereocenters. The molecule has 0 saturated carbocycles. The molecule has 0 saturated heterocycles. The minimum atomic E-state index is 0.872. The van der Waals surface area contributed by atoms with Crippen LogP contribution < -0.4 is 4.90 Å². The van der Waals surface area contributed by atoms with Crippen molar-refractivity contribution in [3.05, 3.63) is 188 Å². The van der Waals surface area contributed by atoms with Crippen LogP contribution in [0.5, 0.6) is 0 Å². The molecule has 3 heteroatoms. The van der Waals surface area contributed by atoms with E-state index >= 15 is 0 Å². The van der Waals surface area contributed by atoms with Crippen molar-refractivity contribution in [2.75, 3.05) is 4.90 Å². The van der Waals surface area contributed by atoms with Crippen molar-refractivity contribution < 1.29 is 4.42 Å². The van der Waals surface area contributed by atoms with Crippen molar-refractivity contribution in [2.45, 2.75) is 0 Å². The number of anilines is 3. The molecule has 0 N–H and O–H groups in total. The van der Waals surface area contributed by atoms with E-state index in [0.29, 0.717) is 0 Å². The Morgan fingerprint density at radius 1 is 0.377 bits per heavy atom. The van der Waals surface area contributed by atoms with Gasteiger partial charge < -0.3 is 9.32 Å². The average molecular weight is 694 g/mol. The van der Waals surface area contributed by atoms with E-state index in [9.17, 15) is 0 Å². The molecule has 0 aliphatic carbocycles. The number of hydrogen-bond donors (Lipinski definition) is 0. The smallest absolute Gasteiger partial charge is 0.137 e. The number of hydrogen-bond acceptors (Lipinski definition) is 3. The molecule has 0 fully saturated rings. The third-order valence-corrected chi connectivity index (χ3v) is 11.8. The Labute approximate surface area is 310 Å². The highest BCUT2D eigenvalue weighted by Gasteiger charge is 2.22. The van der Waals surface area contributed by atoms with Crippen molar-refractivity contribution in [1.29, 1.82) is 0 Å². The molecule has 11 rings (SSSR count). The van der Waals surface area contributed by atoms with Crippen molar-refractivity contribution in [3.8, 4) is 22.3 Å². The van der Waals surface area contributed by atoms with Crippen LogP contribution in [0.1, 0.15) is 0 Å². The van der Waals surface area contributed by atoms with Gasteiger partial charge in [-0.2, -0.15) is 0 Å². The lowest BCUT2D eigenvalue weighted by Gasteiger charge is -2.28. The van der Waals surface area contributed by atoms with E-state index in [1.165, 1.54) is 64.0 Å². The lowest BCUT2D eigenvalue weighted by Crippen LogP contribution is -2.11. The predicted molar refractivity (Wildman–Crippen MR) is 227 cm³/mol. The topological polar surface area (TPSA) is 16.4 Å². The number of nitrogens with zero attached hydrogens (tertiary/aromatic N) is 1. The number of benzene rings is 9. The first-order valence-electron chi connectivity index (χ1n) is 18.0. The van der Waals surface area contributed by atoms with E-state index in [1.807, 2.05) is 17.4 Å². The maximum absolute atomic E-state index is 6.44. The SMILES string of the molecule is c1ccc(N(c2ccc(-c3cc4ccccc4c4ccccc34)cc2)c2cccc3oc4ccccc4c23)c(-c2ccc3sc4ccccc4c3c2)c1. The van der Waals surface area contributed by atoms with Gasteiger partial charge in [0.1, 0.15) is 11.2 Å². The van der Waals surface area contributed by atoms with Crippen LogP contribution in [0.15, 0.2) is 192 Å². The summed E-state index contributed by atoms with van der Waals surface area (Å²) in [6.45, 7) is 0. The highest BCUT2D eigenvalue weighted by Crippen LogP contribution is 2.47. The fourth-order valence-corrected chi connectivity index (χ4v) is 9.33. The summed E-state index contributed by atoms with van der Waals surface area (Å²) >= 11 is 1.85. The van der Waals surface area contributed by atoms with Crippen LogP contribution in [0.2, 0.25) is 0 Å². The molecule has 248 valence electrons. The van der Waals surface area contributed by atoms with Crippen LogP contribution in [0.4, 0.5) is 17.1 Å². The van der Waals surface area contributed by atoms with Gasteiger partial charge in [0.15, 0.2) is 0 Å². The lowest BCUT2D eigenvalue weighted by atomic mass is 9.93. The third-order valence-electron chi connectivity index (χ3n) is 10.7. The number of para-hydroxylation sites is 2. The summed E-state index contributed by atoms with van der Waals surface area (Å²) in [4.78, 5) is 2.41. The predicted octanol–water partition coefficient (Wildman–Crippen LogP) is 15.1. The van der Waals surface area contributed by atoms with Crippen LogP contribution in [0.3, 0.4) is 0 Å². The minimum absolute atomic E-state index is 0.872. The second kappa shape index (κ2) is 11.9. The number of thiophene rings is 1. The molecule has 9 aromatic carbocycles. The molecule has 0 bridgehead atoms. The fraction of sp³-hybridized carbons (Fsp3) is 0. The van der Waals surface area contributed by atoms with Crippen LogP contribution in [-0.4, -0.2) is 0 Å². The molecule has 11 aromatic rings. The largest absolute Gasteiger partial charge is 0.456 e. The van der Waals surface area contributed by atoms with E-state index in [2.05, 4.69) is 187 Å². The zero-order valence-corrected chi connectivity index (χ0v) is 29.5. The highest BCUT2D eigenvalue weighted by molar-refractivity contribution is 7.25. The van der Waals surface area contributed by atoms with Gasteiger partial charge in [-0.3, -0.25) is 0 Å². The Morgan fingerprint density at radius 2 is 1.02 bits per heavy atom. The van der Waals surface area contributed by atoms with Gasteiger partial charge in [0.05, 0.1) is 16.8 Å². The first-order valence-corrected chi connectivity index (χ1v) is 18.8. The highest BCUT2D eigenvalue weighted by atomic mass is 32.1. The van der Waals surface area contributed by atoms with E-state index in [4.69, 9.17) is 4.42 Å². The molecule has 0 aliphatic rings. The maximum atomic E-state index is 6.44. The van der Waals surface area contributed by atoms with Gasteiger partial charge in [0.2, 0.25) is 0 Å². The normalized spacial score (nSPS) is 11.8. The number of rotatable bonds is 5. The summed E-state index contributed by atoms with van der Waals surface area (Å²) in [6.07, 6.45) is 0. The first kappa shape index (κ1) is 30.0.